The second-order valence-corrected chi connectivity index (χ2v) is 11.2. The maximum atomic E-state index is 13.1. The summed E-state index contributed by atoms with van der Waals surface area (Å²) in [4.78, 5) is 17.4. The Kier molecular flexibility index (Phi) is 7.35. The monoisotopic (exact) mass is 501 g/mol. The highest BCUT2D eigenvalue weighted by atomic mass is 32.2. The first kappa shape index (κ1) is 24.0. The van der Waals surface area contributed by atoms with Crippen molar-refractivity contribution in [3.05, 3.63) is 65.2 Å². The van der Waals surface area contributed by atoms with Gasteiger partial charge in [0, 0.05) is 35.8 Å². The molecule has 1 aliphatic rings. The predicted molar refractivity (Wildman–Crippen MR) is 133 cm³/mol. The standard InChI is InChI=1S/C23H27N5O4S2/c1-32-18-5-2-4-16(14-18)23(29)26-15-19-7-8-21(33-19)34(30,31)28-12-9-17(10-13-28)27-22-20(24)6-3-11-25-22/h2-8,11,14,17H,9-10,12-13,15,24H2,1H3,(H,25,27)(H,26,29). The number of nitrogens with zero attached hydrogens (tertiary/aromatic N) is 2. The van der Waals surface area contributed by atoms with Crippen LogP contribution in [-0.4, -0.2) is 49.9 Å². The fourth-order valence-corrected chi connectivity index (χ4v) is 6.64. The number of nitrogens with one attached hydrogen (secondary N) is 2. The summed E-state index contributed by atoms with van der Waals surface area (Å²) in [5.41, 5.74) is 6.99. The summed E-state index contributed by atoms with van der Waals surface area (Å²) in [5, 5.41) is 6.14. The van der Waals surface area contributed by atoms with E-state index in [0.29, 0.717) is 48.7 Å². The molecule has 9 nitrogen and oxygen atoms in total. The molecule has 0 unspecified atom stereocenters. The normalized spacial score (nSPS) is 15.1. The number of carbonyl (C=O) groups excluding carboxylic acids is 1. The van der Waals surface area contributed by atoms with Gasteiger partial charge < -0.3 is 21.1 Å². The van der Waals surface area contributed by atoms with Crippen LogP contribution in [0.4, 0.5) is 11.5 Å². The average molecular weight is 502 g/mol. The van der Waals surface area contributed by atoms with Crippen molar-refractivity contribution in [1.82, 2.24) is 14.6 Å². The summed E-state index contributed by atoms with van der Waals surface area (Å²) in [7, 11) is -2.05. The topological polar surface area (TPSA) is 127 Å². The molecule has 0 radical (unpaired) electrons. The minimum atomic E-state index is -3.59. The van der Waals surface area contributed by atoms with Gasteiger partial charge in [-0.05, 0) is 55.3 Å². The van der Waals surface area contributed by atoms with Crippen LogP contribution in [0.25, 0.3) is 0 Å². The first-order chi connectivity index (χ1) is 16.4. The second kappa shape index (κ2) is 10.4. The SMILES string of the molecule is COc1cccc(C(=O)NCc2ccc(S(=O)(=O)N3CCC(Nc4ncccc4N)CC3)s2)c1. The van der Waals surface area contributed by atoms with Crippen LogP contribution >= 0.6 is 11.3 Å². The van der Waals surface area contributed by atoms with Gasteiger partial charge in [-0.15, -0.1) is 11.3 Å². The van der Waals surface area contributed by atoms with Gasteiger partial charge in [0.25, 0.3) is 15.9 Å². The van der Waals surface area contributed by atoms with E-state index >= 15 is 0 Å². The smallest absolute Gasteiger partial charge is 0.252 e. The van der Waals surface area contributed by atoms with Crippen LogP contribution in [0.1, 0.15) is 28.1 Å². The molecule has 4 N–H and O–H groups in total. The van der Waals surface area contributed by atoms with Gasteiger partial charge >= 0.3 is 0 Å². The molecule has 0 bridgehead atoms. The van der Waals surface area contributed by atoms with E-state index in [1.54, 1.807) is 61.8 Å². The quantitative estimate of drug-likeness (QED) is 0.433. The van der Waals surface area contributed by atoms with E-state index in [-0.39, 0.29) is 22.7 Å². The Labute approximate surface area is 203 Å². The lowest BCUT2D eigenvalue weighted by molar-refractivity contribution is 0.0951. The van der Waals surface area contributed by atoms with Crippen molar-refractivity contribution in [2.45, 2.75) is 29.6 Å². The number of anilines is 2. The molecule has 3 aromatic rings. The molecular weight excluding hydrogens is 474 g/mol. The number of methoxy groups -OCH3 is 1. The van der Waals surface area contributed by atoms with Crippen LogP contribution in [-0.2, 0) is 16.6 Å². The van der Waals surface area contributed by atoms with E-state index < -0.39 is 10.0 Å². The molecule has 0 aliphatic carbocycles. The Hall–Kier alpha value is -3.15. The van der Waals surface area contributed by atoms with Gasteiger partial charge in [0.15, 0.2) is 0 Å². The number of thiophene rings is 1. The Balaban J connectivity index is 1.32. The Bertz CT molecular complexity index is 1250. The number of aromatic nitrogens is 1. The number of sulfonamides is 1. The molecule has 0 atom stereocenters. The zero-order chi connectivity index (χ0) is 24.1. The van der Waals surface area contributed by atoms with Crippen molar-refractivity contribution in [3.63, 3.8) is 0 Å². The molecular formula is C23H27N5O4S2. The molecule has 180 valence electrons. The fourth-order valence-electron chi connectivity index (χ4n) is 3.73. The van der Waals surface area contributed by atoms with Gasteiger partial charge in [-0.2, -0.15) is 4.31 Å². The van der Waals surface area contributed by atoms with Gasteiger partial charge in [-0.3, -0.25) is 4.79 Å². The van der Waals surface area contributed by atoms with Crippen LogP contribution in [0.2, 0.25) is 0 Å². The summed E-state index contributed by atoms with van der Waals surface area (Å²) in [6.07, 6.45) is 2.99. The van der Waals surface area contributed by atoms with Gasteiger partial charge in [0.2, 0.25) is 0 Å². The number of nitrogens with two attached hydrogens (primary N) is 1. The number of rotatable bonds is 8. The number of nitrogen functional groups attached to an aromatic ring is 1. The van der Waals surface area contributed by atoms with E-state index in [1.807, 2.05) is 0 Å². The van der Waals surface area contributed by atoms with Crippen LogP contribution in [0.15, 0.2) is 58.9 Å². The average Bonchev–Trinajstić information content (AvgIpc) is 3.34. The molecule has 1 aromatic carbocycles. The van der Waals surface area contributed by atoms with Crippen molar-refractivity contribution in [1.29, 1.82) is 0 Å². The zero-order valence-corrected chi connectivity index (χ0v) is 20.4. The molecule has 1 saturated heterocycles. The summed E-state index contributed by atoms with van der Waals surface area (Å²) in [6.45, 7) is 1.06. The molecule has 4 rings (SSSR count). The van der Waals surface area contributed by atoms with Gasteiger partial charge in [0.1, 0.15) is 15.8 Å². The van der Waals surface area contributed by atoms with E-state index in [0.717, 1.165) is 4.88 Å². The molecule has 0 saturated carbocycles. The molecule has 11 heteroatoms. The van der Waals surface area contributed by atoms with Crippen molar-refractivity contribution in [2.75, 3.05) is 31.2 Å². The van der Waals surface area contributed by atoms with Gasteiger partial charge in [-0.25, -0.2) is 13.4 Å². The molecule has 3 heterocycles. The van der Waals surface area contributed by atoms with Crippen LogP contribution < -0.4 is 21.1 Å². The molecule has 1 fully saturated rings. The van der Waals surface area contributed by atoms with Gasteiger partial charge in [-0.1, -0.05) is 6.07 Å². The number of hydrogen-bond acceptors (Lipinski definition) is 8. The summed E-state index contributed by atoms with van der Waals surface area (Å²) in [5.74, 6) is 0.974. The highest BCUT2D eigenvalue weighted by molar-refractivity contribution is 7.91. The summed E-state index contributed by atoms with van der Waals surface area (Å²) < 4.78 is 33.2. The first-order valence-corrected chi connectivity index (χ1v) is 13.1. The molecule has 2 aromatic heterocycles. The van der Waals surface area contributed by atoms with Crippen molar-refractivity contribution in [2.24, 2.45) is 0 Å². The van der Waals surface area contributed by atoms with Gasteiger partial charge in [0.05, 0.1) is 19.3 Å². The molecule has 0 spiro atoms. The largest absolute Gasteiger partial charge is 0.497 e. The number of hydrogen-bond donors (Lipinski definition) is 3. The molecule has 1 amide bonds. The van der Waals surface area contributed by atoms with Crippen LogP contribution in [0.5, 0.6) is 5.75 Å². The van der Waals surface area contributed by atoms with Crippen LogP contribution in [0.3, 0.4) is 0 Å². The number of amides is 1. The number of piperidine rings is 1. The van der Waals surface area contributed by atoms with Crippen LogP contribution in [0, 0.1) is 0 Å². The fraction of sp³-hybridized carbons (Fsp3) is 0.304. The Morgan fingerprint density at radius 2 is 2.00 bits per heavy atom. The minimum Gasteiger partial charge on any atom is -0.497 e. The second-order valence-electron chi connectivity index (χ2n) is 7.90. The third-order valence-electron chi connectivity index (χ3n) is 5.62. The molecule has 34 heavy (non-hydrogen) atoms. The number of ether oxygens (including phenoxy) is 1. The zero-order valence-electron chi connectivity index (χ0n) is 18.7. The minimum absolute atomic E-state index is 0.106. The maximum Gasteiger partial charge on any atom is 0.252 e. The maximum absolute atomic E-state index is 13.1. The number of carbonyl (C=O) groups is 1. The van der Waals surface area contributed by atoms with E-state index in [1.165, 1.54) is 15.6 Å². The highest BCUT2D eigenvalue weighted by Gasteiger charge is 2.30. The third kappa shape index (κ3) is 5.49. The Morgan fingerprint density at radius 3 is 2.74 bits per heavy atom. The lowest BCUT2D eigenvalue weighted by Gasteiger charge is -2.31. The molecule has 1 aliphatic heterocycles. The Morgan fingerprint density at radius 1 is 1.21 bits per heavy atom. The summed E-state index contributed by atoms with van der Waals surface area (Å²) >= 11 is 1.17. The summed E-state index contributed by atoms with van der Waals surface area (Å²) in [6, 6.07) is 13.9. The van der Waals surface area contributed by atoms with E-state index in [4.69, 9.17) is 10.5 Å². The number of pyridine rings is 1. The first-order valence-electron chi connectivity index (χ1n) is 10.8. The van der Waals surface area contributed by atoms with E-state index in [9.17, 15) is 13.2 Å². The highest BCUT2D eigenvalue weighted by Crippen LogP contribution is 2.28. The van der Waals surface area contributed by atoms with E-state index in [2.05, 4.69) is 15.6 Å². The van der Waals surface area contributed by atoms with Crippen molar-refractivity contribution >= 4 is 38.8 Å². The lowest BCUT2D eigenvalue weighted by Crippen LogP contribution is -2.42. The third-order valence-corrected chi connectivity index (χ3v) is 9.07. The predicted octanol–water partition coefficient (Wildman–Crippen LogP) is 2.93. The number of benzene rings is 1. The van der Waals surface area contributed by atoms with Crippen molar-refractivity contribution in [3.8, 4) is 5.75 Å². The van der Waals surface area contributed by atoms with Crippen molar-refractivity contribution < 1.29 is 17.9 Å². The lowest BCUT2D eigenvalue weighted by atomic mass is 10.1.